The number of hydrogen-bond donors (Lipinski definition) is 0. The molecule has 5 nitrogen and oxygen atoms in total. The van der Waals surface area contributed by atoms with Crippen molar-refractivity contribution in [2.24, 2.45) is 5.41 Å². The van der Waals surface area contributed by atoms with Gasteiger partial charge in [0.25, 0.3) is 0 Å². The Labute approximate surface area is 170 Å². The van der Waals surface area contributed by atoms with Crippen LogP contribution < -0.4 is 0 Å². The zero-order chi connectivity index (χ0) is 22.8. The van der Waals surface area contributed by atoms with Crippen LogP contribution in [0.2, 0.25) is 0 Å². The van der Waals surface area contributed by atoms with E-state index in [2.05, 4.69) is 32.4 Å². The van der Waals surface area contributed by atoms with Crippen molar-refractivity contribution in [1.29, 1.82) is 0 Å². The number of nitrogens with zero attached hydrogens (tertiary/aromatic N) is 1. The molecule has 0 spiro atoms. The molecule has 1 rings (SSSR count). The number of carbonyl (C=O) groups is 2. The van der Waals surface area contributed by atoms with E-state index in [1.165, 1.54) is 12.0 Å². The first-order valence-electron chi connectivity index (χ1n) is 10.4. The fraction of sp³-hybridized carbons (Fsp3) is 0.909. The SMILES string of the molecule is CC.CC.CC.CC(C)(C)C.COC(=O)[C@@H]1CCCN1C(=O)OC(C)(C)C. The lowest BCUT2D eigenvalue weighted by molar-refractivity contribution is -0.145. The Balaban J connectivity index is -0.000000202. The standard InChI is InChI=1S/C11H19NO4.C5H12.3C2H6/c1-11(2,3)16-10(14)12-7-5-6-8(12)9(13)15-4;1-5(2,3)4;3*1-2/h8H,5-7H2,1-4H3;1-4H3;3*1-2H3/t8-;;;;/m0..../s1. The number of hydrogen-bond acceptors (Lipinski definition) is 4. The van der Waals surface area contributed by atoms with E-state index < -0.39 is 17.7 Å². The summed E-state index contributed by atoms with van der Waals surface area (Å²) in [6.45, 7) is 26.7. The fourth-order valence-corrected chi connectivity index (χ4v) is 1.69. The molecule has 0 aliphatic carbocycles. The molecule has 1 heterocycles. The molecule has 166 valence electrons. The van der Waals surface area contributed by atoms with Crippen LogP contribution in [0.4, 0.5) is 4.79 Å². The third-order valence-corrected chi connectivity index (χ3v) is 2.35. The van der Waals surface area contributed by atoms with Crippen molar-refractivity contribution < 1.29 is 19.1 Å². The molecule has 0 saturated carbocycles. The Morgan fingerprint density at radius 3 is 1.52 bits per heavy atom. The van der Waals surface area contributed by atoms with Crippen molar-refractivity contribution in [3.63, 3.8) is 0 Å². The monoisotopic (exact) mass is 391 g/mol. The molecule has 0 unspecified atom stereocenters. The van der Waals surface area contributed by atoms with E-state index in [0.29, 0.717) is 18.4 Å². The molecule has 0 aromatic heterocycles. The van der Waals surface area contributed by atoms with Gasteiger partial charge in [0.15, 0.2) is 0 Å². The lowest BCUT2D eigenvalue weighted by Crippen LogP contribution is -2.43. The van der Waals surface area contributed by atoms with Gasteiger partial charge in [-0.05, 0) is 39.0 Å². The molecule has 1 atom stereocenters. The van der Waals surface area contributed by atoms with Crippen molar-refractivity contribution in [2.75, 3.05) is 13.7 Å². The normalized spacial score (nSPS) is 15.2. The van der Waals surface area contributed by atoms with Crippen molar-refractivity contribution in [2.45, 2.75) is 114 Å². The maximum Gasteiger partial charge on any atom is 0.411 e. The molecule has 1 saturated heterocycles. The van der Waals surface area contributed by atoms with Crippen molar-refractivity contribution in [1.82, 2.24) is 4.90 Å². The van der Waals surface area contributed by atoms with E-state index in [4.69, 9.17) is 4.74 Å². The van der Waals surface area contributed by atoms with Crippen molar-refractivity contribution in [3.05, 3.63) is 0 Å². The lowest BCUT2D eigenvalue weighted by Gasteiger charge is -2.27. The molecule has 1 amide bonds. The minimum atomic E-state index is -0.541. The van der Waals surface area contributed by atoms with E-state index in [-0.39, 0.29) is 5.97 Å². The summed E-state index contributed by atoms with van der Waals surface area (Å²) in [6.07, 6.45) is 1.01. The molecule has 0 radical (unpaired) electrons. The topological polar surface area (TPSA) is 55.8 Å². The molecular formula is C22H49NO4. The molecule has 1 aliphatic rings. The smallest absolute Gasteiger partial charge is 0.411 e. The molecule has 1 fully saturated rings. The minimum absolute atomic E-state index is 0.372. The van der Waals surface area contributed by atoms with Gasteiger partial charge in [-0.25, -0.2) is 9.59 Å². The quantitative estimate of drug-likeness (QED) is 0.467. The zero-order valence-corrected chi connectivity index (χ0v) is 20.8. The van der Waals surface area contributed by atoms with Gasteiger partial charge in [0, 0.05) is 6.54 Å². The second-order valence-corrected chi connectivity index (χ2v) is 7.85. The Morgan fingerprint density at radius 1 is 0.852 bits per heavy atom. The average molecular weight is 392 g/mol. The van der Waals surface area contributed by atoms with Gasteiger partial charge in [0.05, 0.1) is 7.11 Å². The summed E-state index contributed by atoms with van der Waals surface area (Å²) >= 11 is 0. The van der Waals surface area contributed by atoms with Gasteiger partial charge in [-0.3, -0.25) is 4.90 Å². The number of amides is 1. The summed E-state index contributed by atoms with van der Waals surface area (Å²) in [5.41, 5.74) is -0.0413. The molecule has 27 heavy (non-hydrogen) atoms. The van der Waals surface area contributed by atoms with Crippen molar-refractivity contribution >= 4 is 12.1 Å². The summed E-state index contributed by atoms with van der Waals surface area (Å²) < 4.78 is 9.88. The Hall–Kier alpha value is -1.26. The molecule has 0 aromatic rings. The predicted molar refractivity (Wildman–Crippen MR) is 117 cm³/mol. The highest BCUT2D eigenvalue weighted by molar-refractivity contribution is 5.82. The van der Waals surface area contributed by atoms with Crippen LogP contribution in [-0.2, 0) is 14.3 Å². The highest BCUT2D eigenvalue weighted by atomic mass is 16.6. The summed E-state index contributed by atoms with van der Waals surface area (Å²) in [5, 5.41) is 0. The van der Waals surface area contributed by atoms with Crippen LogP contribution in [0.3, 0.4) is 0 Å². The number of ether oxygens (including phenoxy) is 2. The predicted octanol–water partition coefficient (Wildman–Crippen LogP) is 6.69. The van der Waals surface area contributed by atoms with Gasteiger partial charge in [-0.2, -0.15) is 0 Å². The number of methoxy groups -OCH3 is 1. The highest BCUT2D eigenvalue weighted by Crippen LogP contribution is 2.21. The van der Waals surface area contributed by atoms with Crippen LogP contribution in [0.1, 0.15) is 103 Å². The summed E-state index contributed by atoms with van der Waals surface area (Å²) in [7, 11) is 1.33. The Bertz CT molecular complexity index is 348. The highest BCUT2D eigenvalue weighted by Gasteiger charge is 2.37. The Morgan fingerprint density at radius 2 is 1.22 bits per heavy atom. The minimum Gasteiger partial charge on any atom is -0.467 e. The number of carbonyl (C=O) groups excluding carboxylic acids is 2. The van der Waals surface area contributed by atoms with Gasteiger partial charge in [0.1, 0.15) is 11.6 Å². The van der Waals surface area contributed by atoms with E-state index in [1.54, 1.807) is 20.8 Å². The molecule has 5 heteroatoms. The van der Waals surface area contributed by atoms with Gasteiger partial charge in [-0.1, -0.05) is 69.2 Å². The maximum absolute atomic E-state index is 11.8. The third kappa shape index (κ3) is 22.7. The second-order valence-electron chi connectivity index (χ2n) is 7.85. The zero-order valence-electron chi connectivity index (χ0n) is 20.8. The van der Waals surface area contributed by atoms with E-state index in [1.807, 2.05) is 41.5 Å². The summed E-state index contributed by atoms with van der Waals surface area (Å²) in [6, 6.07) is -0.486. The van der Waals surface area contributed by atoms with Crippen molar-refractivity contribution in [3.8, 4) is 0 Å². The first kappa shape index (κ1) is 33.3. The summed E-state index contributed by atoms with van der Waals surface area (Å²) in [4.78, 5) is 24.7. The summed E-state index contributed by atoms with van der Waals surface area (Å²) in [5.74, 6) is -0.372. The number of likely N-dealkylation sites (tertiary alicyclic amines) is 1. The molecule has 0 aromatic carbocycles. The van der Waals surface area contributed by atoms with Crippen LogP contribution >= 0.6 is 0 Å². The van der Waals surface area contributed by atoms with Crippen LogP contribution in [0.5, 0.6) is 0 Å². The molecular weight excluding hydrogens is 342 g/mol. The van der Waals surface area contributed by atoms with Crippen LogP contribution in [0.15, 0.2) is 0 Å². The Kier molecular flexibility index (Phi) is 22.4. The largest absolute Gasteiger partial charge is 0.467 e. The van der Waals surface area contributed by atoms with Gasteiger partial charge in [-0.15, -0.1) is 0 Å². The first-order valence-corrected chi connectivity index (χ1v) is 10.4. The average Bonchev–Trinajstić information content (AvgIpc) is 3.06. The molecule has 0 bridgehead atoms. The molecule has 0 N–H and O–H groups in total. The maximum atomic E-state index is 11.8. The van der Waals surface area contributed by atoms with Gasteiger partial charge < -0.3 is 9.47 Å². The fourth-order valence-electron chi connectivity index (χ4n) is 1.69. The van der Waals surface area contributed by atoms with E-state index in [0.717, 1.165) is 6.42 Å². The number of esters is 1. The van der Waals surface area contributed by atoms with Crippen LogP contribution in [0, 0.1) is 5.41 Å². The van der Waals surface area contributed by atoms with Gasteiger partial charge in [0.2, 0.25) is 0 Å². The number of rotatable bonds is 1. The second kappa shape index (κ2) is 18.1. The molecule has 1 aliphatic heterocycles. The third-order valence-electron chi connectivity index (χ3n) is 2.35. The van der Waals surface area contributed by atoms with Gasteiger partial charge >= 0.3 is 12.1 Å². The van der Waals surface area contributed by atoms with Crippen LogP contribution in [-0.4, -0.2) is 42.3 Å². The van der Waals surface area contributed by atoms with E-state index >= 15 is 0 Å². The van der Waals surface area contributed by atoms with E-state index in [9.17, 15) is 9.59 Å². The van der Waals surface area contributed by atoms with Crippen LogP contribution in [0.25, 0.3) is 0 Å². The first-order chi connectivity index (χ1) is 12.3. The lowest BCUT2D eigenvalue weighted by atomic mass is 10.0.